The van der Waals surface area contributed by atoms with Crippen LogP contribution in [0.15, 0.2) is 18.2 Å². The van der Waals surface area contributed by atoms with Crippen molar-refractivity contribution >= 4 is 29.2 Å². The highest BCUT2D eigenvalue weighted by atomic mass is 35.5. The summed E-state index contributed by atoms with van der Waals surface area (Å²) in [5.41, 5.74) is 6.50. The topological polar surface area (TPSA) is 92.4 Å². The molecule has 1 aromatic carbocycles. The van der Waals surface area contributed by atoms with Gasteiger partial charge >= 0.3 is 5.97 Å². The Balaban J connectivity index is 2.41. The molecule has 1 rings (SSSR count). The lowest BCUT2D eigenvalue weighted by Crippen LogP contribution is -2.26. The van der Waals surface area contributed by atoms with Crippen LogP contribution in [-0.2, 0) is 4.79 Å². The Labute approximate surface area is 129 Å². The van der Waals surface area contributed by atoms with Crippen LogP contribution >= 0.6 is 11.6 Å². The smallest absolute Gasteiger partial charge is 0.303 e. The van der Waals surface area contributed by atoms with Gasteiger partial charge in [0.25, 0.3) is 5.91 Å². The number of aliphatic carboxylic acids is 1. The van der Waals surface area contributed by atoms with Gasteiger partial charge in [-0.2, -0.15) is 0 Å². The Hall–Kier alpha value is -1.75. The second kappa shape index (κ2) is 8.52. The first kappa shape index (κ1) is 17.3. The van der Waals surface area contributed by atoms with E-state index in [9.17, 15) is 9.59 Å². The Morgan fingerprint density at radius 3 is 2.67 bits per heavy atom. The summed E-state index contributed by atoms with van der Waals surface area (Å²) in [6.45, 7) is 2.54. The Kier molecular flexibility index (Phi) is 7.02. The van der Waals surface area contributed by atoms with Crippen molar-refractivity contribution in [1.29, 1.82) is 0 Å². The summed E-state index contributed by atoms with van der Waals surface area (Å²) < 4.78 is 0. The number of nitrogens with one attached hydrogen (secondary N) is 1. The van der Waals surface area contributed by atoms with E-state index in [0.717, 1.165) is 12.8 Å². The number of anilines is 1. The second-order valence-corrected chi connectivity index (χ2v) is 5.39. The molecule has 5 nitrogen and oxygen atoms in total. The standard InChI is InChI=1S/C15H21ClN2O3/c1-2-10(3-6-14(19)20)7-8-18-15(21)11-4-5-12(16)13(17)9-11/h4-5,9-10H,2-3,6-8,17H2,1H3,(H,18,21)(H,19,20). The van der Waals surface area contributed by atoms with E-state index < -0.39 is 5.97 Å². The molecule has 4 N–H and O–H groups in total. The fourth-order valence-corrected chi connectivity index (χ4v) is 2.17. The number of carbonyl (C=O) groups excluding carboxylic acids is 1. The van der Waals surface area contributed by atoms with Crippen LogP contribution in [0.25, 0.3) is 0 Å². The van der Waals surface area contributed by atoms with Crippen molar-refractivity contribution < 1.29 is 14.7 Å². The number of carbonyl (C=O) groups is 2. The van der Waals surface area contributed by atoms with Gasteiger partial charge in [-0.05, 0) is 37.0 Å². The zero-order valence-corrected chi connectivity index (χ0v) is 12.8. The molecule has 116 valence electrons. The monoisotopic (exact) mass is 312 g/mol. The molecule has 0 spiro atoms. The summed E-state index contributed by atoms with van der Waals surface area (Å²) in [4.78, 5) is 22.5. The number of nitrogens with two attached hydrogens (primary N) is 1. The first-order valence-corrected chi connectivity index (χ1v) is 7.36. The molecule has 0 heterocycles. The van der Waals surface area contributed by atoms with Gasteiger partial charge in [0.2, 0.25) is 0 Å². The lowest BCUT2D eigenvalue weighted by atomic mass is 9.96. The van der Waals surface area contributed by atoms with Gasteiger partial charge in [0.15, 0.2) is 0 Å². The predicted octanol–water partition coefficient (Wildman–Crippen LogP) is 2.93. The lowest BCUT2D eigenvalue weighted by molar-refractivity contribution is -0.137. The largest absolute Gasteiger partial charge is 0.481 e. The van der Waals surface area contributed by atoms with Gasteiger partial charge in [-0.15, -0.1) is 0 Å². The van der Waals surface area contributed by atoms with Crippen molar-refractivity contribution in [3.8, 4) is 0 Å². The van der Waals surface area contributed by atoms with Crippen LogP contribution in [0.4, 0.5) is 5.69 Å². The Morgan fingerprint density at radius 2 is 2.10 bits per heavy atom. The maximum absolute atomic E-state index is 11.9. The third-order valence-electron chi connectivity index (χ3n) is 3.44. The molecule has 0 aromatic heterocycles. The molecule has 0 bridgehead atoms. The zero-order valence-electron chi connectivity index (χ0n) is 12.1. The minimum absolute atomic E-state index is 0.167. The lowest BCUT2D eigenvalue weighted by Gasteiger charge is -2.14. The zero-order chi connectivity index (χ0) is 15.8. The van der Waals surface area contributed by atoms with Crippen LogP contribution < -0.4 is 11.1 Å². The van der Waals surface area contributed by atoms with E-state index in [1.54, 1.807) is 18.2 Å². The highest BCUT2D eigenvalue weighted by Crippen LogP contribution is 2.19. The number of halogens is 1. The van der Waals surface area contributed by atoms with E-state index in [0.29, 0.717) is 35.2 Å². The summed E-state index contributed by atoms with van der Waals surface area (Å²) in [5, 5.41) is 11.9. The quantitative estimate of drug-likeness (QED) is 0.643. The maximum atomic E-state index is 11.9. The van der Waals surface area contributed by atoms with Crippen LogP contribution in [0.2, 0.25) is 5.02 Å². The molecule has 1 atom stereocenters. The highest BCUT2D eigenvalue weighted by molar-refractivity contribution is 6.33. The summed E-state index contributed by atoms with van der Waals surface area (Å²) >= 11 is 5.81. The van der Waals surface area contributed by atoms with Crippen molar-refractivity contribution in [2.24, 2.45) is 5.92 Å². The van der Waals surface area contributed by atoms with Crippen molar-refractivity contribution in [3.63, 3.8) is 0 Å². The van der Waals surface area contributed by atoms with E-state index in [2.05, 4.69) is 5.32 Å². The average Bonchev–Trinajstić information content (AvgIpc) is 2.45. The van der Waals surface area contributed by atoms with E-state index >= 15 is 0 Å². The molecule has 1 unspecified atom stereocenters. The molecule has 0 aliphatic heterocycles. The van der Waals surface area contributed by atoms with Crippen LogP contribution in [0, 0.1) is 5.92 Å². The predicted molar refractivity (Wildman–Crippen MR) is 83.5 cm³/mol. The number of nitrogen functional groups attached to an aromatic ring is 1. The fourth-order valence-electron chi connectivity index (χ4n) is 2.06. The van der Waals surface area contributed by atoms with Gasteiger partial charge in [-0.1, -0.05) is 24.9 Å². The summed E-state index contributed by atoms with van der Waals surface area (Å²) in [7, 11) is 0. The van der Waals surface area contributed by atoms with Crippen molar-refractivity contribution in [1.82, 2.24) is 5.32 Å². The molecule has 1 amide bonds. The SMILES string of the molecule is CCC(CCNC(=O)c1ccc(Cl)c(N)c1)CCC(=O)O. The molecule has 6 heteroatoms. The Bertz CT molecular complexity index is 506. The van der Waals surface area contributed by atoms with Crippen molar-refractivity contribution in [2.45, 2.75) is 32.6 Å². The number of hydrogen-bond donors (Lipinski definition) is 3. The van der Waals surface area contributed by atoms with E-state index in [-0.39, 0.29) is 12.3 Å². The molecule has 0 saturated heterocycles. The number of carboxylic acids is 1. The van der Waals surface area contributed by atoms with Crippen LogP contribution in [-0.4, -0.2) is 23.5 Å². The second-order valence-electron chi connectivity index (χ2n) is 4.99. The normalized spacial score (nSPS) is 11.9. The maximum Gasteiger partial charge on any atom is 0.303 e. The molecule has 21 heavy (non-hydrogen) atoms. The molecule has 1 aromatic rings. The molecule has 0 fully saturated rings. The number of hydrogen-bond acceptors (Lipinski definition) is 3. The third kappa shape index (κ3) is 6.04. The first-order chi connectivity index (χ1) is 9.93. The van der Waals surface area contributed by atoms with E-state index in [1.165, 1.54) is 0 Å². The third-order valence-corrected chi connectivity index (χ3v) is 3.78. The summed E-state index contributed by atoms with van der Waals surface area (Å²) in [6.07, 6.45) is 2.46. The summed E-state index contributed by atoms with van der Waals surface area (Å²) in [6, 6.07) is 4.75. The van der Waals surface area contributed by atoms with Crippen molar-refractivity contribution in [2.75, 3.05) is 12.3 Å². The van der Waals surface area contributed by atoms with Gasteiger partial charge in [0.05, 0.1) is 10.7 Å². The van der Waals surface area contributed by atoms with Crippen molar-refractivity contribution in [3.05, 3.63) is 28.8 Å². The fraction of sp³-hybridized carbons (Fsp3) is 0.467. The molecule has 0 aliphatic carbocycles. The minimum atomic E-state index is -0.783. The first-order valence-electron chi connectivity index (χ1n) is 6.99. The van der Waals surface area contributed by atoms with Gasteiger partial charge in [-0.3, -0.25) is 9.59 Å². The van der Waals surface area contributed by atoms with E-state index in [1.807, 2.05) is 6.92 Å². The number of benzene rings is 1. The van der Waals surface area contributed by atoms with E-state index in [4.69, 9.17) is 22.4 Å². The van der Waals surface area contributed by atoms with Gasteiger partial charge in [0.1, 0.15) is 0 Å². The van der Waals surface area contributed by atoms with Crippen LogP contribution in [0.3, 0.4) is 0 Å². The van der Waals surface area contributed by atoms with Crippen LogP contribution in [0.1, 0.15) is 43.0 Å². The molecule has 0 saturated carbocycles. The number of amides is 1. The molecule has 0 radical (unpaired) electrons. The Morgan fingerprint density at radius 1 is 1.38 bits per heavy atom. The number of carboxylic acid groups (broad SMARTS) is 1. The number of rotatable bonds is 8. The minimum Gasteiger partial charge on any atom is -0.481 e. The molecule has 0 aliphatic rings. The molecular formula is C15H21ClN2O3. The summed E-state index contributed by atoms with van der Waals surface area (Å²) in [5.74, 6) is -0.683. The van der Waals surface area contributed by atoms with Gasteiger partial charge < -0.3 is 16.2 Å². The van der Waals surface area contributed by atoms with Crippen LogP contribution in [0.5, 0.6) is 0 Å². The van der Waals surface area contributed by atoms with Gasteiger partial charge in [-0.25, -0.2) is 0 Å². The molecular weight excluding hydrogens is 292 g/mol. The van der Waals surface area contributed by atoms with Gasteiger partial charge in [0, 0.05) is 18.5 Å². The highest BCUT2D eigenvalue weighted by Gasteiger charge is 2.11. The average molecular weight is 313 g/mol.